The van der Waals surface area contributed by atoms with Crippen molar-refractivity contribution in [1.82, 2.24) is 4.90 Å². The topological polar surface area (TPSA) is 20.3 Å². The van der Waals surface area contributed by atoms with E-state index in [0.29, 0.717) is 0 Å². The van der Waals surface area contributed by atoms with Gasteiger partial charge in [0.25, 0.3) is 5.91 Å². The molecule has 2 nitrogen and oxygen atoms in total. The zero-order valence-corrected chi connectivity index (χ0v) is 14.4. The lowest BCUT2D eigenvalue weighted by molar-refractivity contribution is 0.0735. The molecule has 0 radical (unpaired) electrons. The number of nitrogens with zero attached hydrogens (tertiary/aromatic N) is 1. The molecule has 1 aromatic carbocycles. The van der Waals surface area contributed by atoms with Crippen molar-refractivity contribution in [2.45, 2.75) is 45.6 Å². The van der Waals surface area contributed by atoms with Gasteiger partial charge in [-0.05, 0) is 48.9 Å². The molecule has 1 aromatic heterocycles. The minimum Gasteiger partial charge on any atom is -0.334 e. The van der Waals surface area contributed by atoms with E-state index in [-0.39, 0.29) is 11.9 Å². The van der Waals surface area contributed by atoms with Crippen molar-refractivity contribution in [1.29, 1.82) is 0 Å². The highest BCUT2D eigenvalue weighted by Crippen LogP contribution is 2.36. The van der Waals surface area contributed by atoms with Gasteiger partial charge in [0.05, 0.1) is 10.9 Å². The number of aryl methyl sites for hydroxylation is 3. The third kappa shape index (κ3) is 2.70. The molecule has 0 N–H and O–H groups in total. The Hall–Kier alpha value is -1.61. The molecule has 116 valence electrons. The first-order valence-electron chi connectivity index (χ1n) is 8.06. The number of thiophene rings is 1. The van der Waals surface area contributed by atoms with Crippen LogP contribution < -0.4 is 0 Å². The molecule has 2 aromatic rings. The average molecular weight is 313 g/mol. The van der Waals surface area contributed by atoms with Crippen molar-refractivity contribution in [3.8, 4) is 0 Å². The fraction of sp³-hybridized carbons (Fsp3) is 0.421. The third-order valence-corrected chi connectivity index (χ3v) is 5.72. The summed E-state index contributed by atoms with van der Waals surface area (Å²) < 4.78 is 0. The van der Waals surface area contributed by atoms with Crippen molar-refractivity contribution in [3.63, 3.8) is 0 Å². The summed E-state index contributed by atoms with van der Waals surface area (Å²) in [4.78, 5) is 17.0. The molecule has 0 saturated carbocycles. The molecular formula is C19H23NOS. The molecular weight excluding hydrogens is 290 g/mol. The largest absolute Gasteiger partial charge is 0.334 e. The maximum absolute atomic E-state index is 12.8. The Morgan fingerprint density at radius 3 is 2.91 bits per heavy atom. The molecule has 1 amide bonds. The van der Waals surface area contributed by atoms with Gasteiger partial charge in [-0.3, -0.25) is 4.79 Å². The lowest BCUT2D eigenvalue weighted by Gasteiger charge is -2.25. The molecule has 0 saturated heterocycles. The first-order valence-corrected chi connectivity index (χ1v) is 8.87. The molecule has 1 unspecified atom stereocenters. The Morgan fingerprint density at radius 1 is 1.36 bits per heavy atom. The van der Waals surface area contributed by atoms with Gasteiger partial charge in [-0.15, -0.1) is 11.3 Å². The summed E-state index contributed by atoms with van der Waals surface area (Å²) in [5, 5.41) is 0. The first kappa shape index (κ1) is 15.3. The van der Waals surface area contributed by atoms with E-state index in [1.807, 2.05) is 11.9 Å². The summed E-state index contributed by atoms with van der Waals surface area (Å²) in [6.45, 7) is 4.30. The Bertz CT molecular complexity index is 688. The predicted octanol–water partition coefficient (Wildman–Crippen LogP) is 4.77. The van der Waals surface area contributed by atoms with Crippen LogP contribution in [0.15, 0.2) is 30.3 Å². The number of amides is 1. The summed E-state index contributed by atoms with van der Waals surface area (Å²) in [5.41, 5.74) is 4.04. The average Bonchev–Trinajstić information content (AvgIpc) is 3.10. The fourth-order valence-corrected chi connectivity index (χ4v) is 4.45. The monoisotopic (exact) mass is 313 g/mol. The normalized spacial score (nSPS) is 16.6. The molecule has 1 aliphatic rings. The van der Waals surface area contributed by atoms with E-state index in [2.05, 4.69) is 44.2 Å². The molecule has 3 rings (SSSR count). The van der Waals surface area contributed by atoms with E-state index in [1.54, 1.807) is 11.3 Å². The van der Waals surface area contributed by atoms with Crippen molar-refractivity contribution >= 4 is 17.2 Å². The zero-order chi connectivity index (χ0) is 15.7. The van der Waals surface area contributed by atoms with Gasteiger partial charge >= 0.3 is 0 Å². The van der Waals surface area contributed by atoms with E-state index in [1.165, 1.54) is 21.6 Å². The summed E-state index contributed by atoms with van der Waals surface area (Å²) >= 11 is 1.64. The fourth-order valence-electron chi connectivity index (χ4n) is 3.40. The Balaban J connectivity index is 1.82. The van der Waals surface area contributed by atoms with Crippen LogP contribution in [0.4, 0.5) is 0 Å². The van der Waals surface area contributed by atoms with Gasteiger partial charge in [0.2, 0.25) is 0 Å². The van der Waals surface area contributed by atoms with Crippen LogP contribution in [0.2, 0.25) is 0 Å². The second-order valence-corrected chi connectivity index (χ2v) is 7.37. The lowest BCUT2D eigenvalue weighted by atomic mass is 10.1. The molecule has 0 spiro atoms. The highest BCUT2D eigenvalue weighted by Gasteiger charge is 2.29. The van der Waals surface area contributed by atoms with Crippen molar-refractivity contribution in [2.75, 3.05) is 7.05 Å². The first-order chi connectivity index (χ1) is 10.6. The lowest BCUT2D eigenvalue weighted by Crippen LogP contribution is -2.29. The molecule has 0 bridgehead atoms. The second kappa shape index (κ2) is 6.25. The smallest absolute Gasteiger partial charge is 0.264 e. The van der Waals surface area contributed by atoms with Crippen LogP contribution >= 0.6 is 11.3 Å². The highest BCUT2D eigenvalue weighted by molar-refractivity contribution is 7.14. The minimum absolute atomic E-state index is 0.164. The van der Waals surface area contributed by atoms with Gasteiger partial charge in [0, 0.05) is 11.9 Å². The van der Waals surface area contributed by atoms with Gasteiger partial charge in [0.1, 0.15) is 0 Å². The summed E-state index contributed by atoms with van der Waals surface area (Å²) in [6.07, 6.45) is 4.29. The van der Waals surface area contributed by atoms with Gasteiger partial charge in [-0.2, -0.15) is 0 Å². The molecule has 0 fully saturated rings. The van der Waals surface area contributed by atoms with E-state index >= 15 is 0 Å². The number of benzene rings is 1. The second-order valence-electron chi connectivity index (χ2n) is 6.11. The summed E-state index contributed by atoms with van der Waals surface area (Å²) in [5.74, 6) is 0.164. The number of carbonyl (C=O) groups excluding carboxylic acids is 1. The molecule has 3 heteroatoms. The Kier molecular flexibility index (Phi) is 4.34. The zero-order valence-electron chi connectivity index (χ0n) is 13.6. The molecule has 22 heavy (non-hydrogen) atoms. The minimum atomic E-state index is 0.164. The number of carbonyl (C=O) groups is 1. The van der Waals surface area contributed by atoms with Crippen LogP contribution in [0.5, 0.6) is 0 Å². The van der Waals surface area contributed by atoms with E-state index < -0.39 is 0 Å². The van der Waals surface area contributed by atoms with E-state index in [9.17, 15) is 4.79 Å². The van der Waals surface area contributed by atoms with Gasteiger partial charge in [0.15, 0.2) is 0 Å². The Morgan fingerprint density at radius 2 is 2.14 bits per heavy atom. The summed E-state index contributed by atoms with van der Waals surface area (Å²) in [7, 11) is 1.95. The van der Waals surface area contributed by atoms with E-state index in [4.69, 9.17) is 0 Å². The van der Waals surface area contributed by atoms with Crippen LogP contribution in [0.1, 0.15) is 57.0 Å². The van der Waals surface area contributed by atoms with Crippen LogP contribution in [0, 0.1) is 6.92 Å². The van der Waals surface area contributed by atoms with E-state index in [0.717, 1.165) is 30.6 Å². The van der Waals surface area contributed by atoms with Gasteiger partial charge in [-0.25, -0.2) is 0 Å². The molecule has 1 heterocycles. The van der Waals surface area contributed by atoms with Crippen LogP contribution in [0.3, 0.4) is 0 Å². The van der Waals surface area contributed by atoms with Crippen molar-refractivity contribution < 1.29 is 4.79 Å². The number of rotatable bonds is 4. The maximum Gasteiger partial charge on any atom is 0.264 e. The highest BCUT2D eigenvalue weighted by atomic mass is 32.1. The quantitative estimate of drug-likeness (QED) is 0.796. The number of hydrogen-bond acceptors (Lipinski definition) is 2. The van der Waals surface area contributed by atoms with Crippen molar-refractivity contribution in [3.05, 3.63) is 56.8 Å². The molecule has 0 aliphatic heterocycles. The Labute approximate surface area is 136 Å². The van der Waals surface area contributed by atoms with Gasteiger partial charge in [-0.1, -0.05) is 37.6 Å². The molecule has 1 atom stereocenters. The number of fused-ring (bicyclic) bond motifs is 1. The van der Waals surface area contributed by atoms with Crippen LogP contribution in [-0.4, -0.2) is 17.9 Å². The SMILES string of the molecule is CCCc1cc(C(=O)N(C)C2CCc3ccccc32)sc1C. The molecule has 1 aliphatic carbocycles. The standard InChI is InChI=1S/C19H23NOS/c1-4-7-15-12-18(22-13(15)2)19(21)20(3)17-11-10-14-8-5-6-9-16(14)17/h5-6,8-9,12,17H,4,7,10-11H2,1-3H3. The third-order valence-electron chi connectivity index (χ3n) is 4.64. The van der Waals surface area contributed by atoms with Crippen molar-refractivity contribution in [2.24, 2.45) is 0 Å². The summed E-state index contributed by atoms with van der Waals surface area (Å²) in [6, 6.07) is 10.8. The van der Waals surface area contributed by atoms with Gasteiger partial charge < -0.3 is 4.90 Å². The van der Waals surface area contributed by atoms with Crippen LogP contribution in [0.25, 0.3) is 0 Å². The number of hydrogen-bond donors (Lipinski definition) is 0. The van der Waals surface area contributed by atoms with Crippen LogP contribution in [-0.2, 0) is 12.8 Å². The predicted molar refractivity (Wildman–Crippen MR) is 92.6 cm³/mol. The maximum atomic E-state index is 12.8.